The van der Waals surface area contributed by atoms with E-state index in [0.29, 0.717) is 0 Å². The van der Waals surface area contributed by atoms with Crippen LogP contribution in [0.15, 0.2) is 24.3 Å². The fourth-order valence-electron chi connectivity index (χ4n) is 2.13. The maximum atomic E-state index is 12.0. The topological polar surface area (TPSA) is 41.1 Å². The number of carbonyl (C=O) groups excluding carboxylic acids is 1. The van der Waals surface area contributed by atoms with Crippen LogP contribution >= 0.6 is 0 Å². The standard InChI is InChI=1S/C13H18N2O/c1-9(2)15-13(16)11-7-8-14-12-6-4-3-5-10(11)12/h3-6,9,11,14H,7-8H2,1-2H3,(H,15,16). The fourth-order valence-corrected chi connectivity index (χ4v) is 2.13. The Bertz CT molecular complexity index is 387. The van der Waals surface area contributed by atoms with Gasteiger partial charge in [0.1, 0.15) is 0 Å². The first-order valence-electron chi connectivity index (χ1n) is 5.81. The maximum Gasteiger partial charge on any atom is 0.227 e. The molecule has 16 heavy (non-hydrogen) atoms. The van der Waals surface area contributed by atoms with Gasteiger partial charge in [-0.3, -0.25) is 4.79 Å². The Hall–Kier alpha value is -1.51. The molecular weight excluding hydrogens is 200 g/mol. The molecule has 0 aliphatic carbocycles. The highest BCUT2D eigenvalue weighted by atomic mass is 16.1. The number of fused-ring (bicyclic) bond motifs is 1. The molecule has 0 bridgehead atoms. The smallest absolute Gasteiger partial charge is 0.227 e. The number of rotatable bonds is 2. The van der Waals surface area contributed by atoms with Crippen LogP contribution in [0.2, 0.25) is 0 Å². The average Bonchev–Trinajstić information content (AvgIpc) is 2.27. The Labute approximate surface area is 96.2 Å². The lowest BCUT2D eigenvalue weighted by Crippen LogP contribution is -2.36. The van der Waals surface area contributed by atoms with Crippen molar-refractivity contribution in [1.82, 2.24) is 5.32 Å². The third kappa shape index (κ3) is 2.18. The zero-order chi connectivity index (χ0) is 11.5. The summed E-state index contributed by atoms with van der Waals surface area (Å²) < 4.78 is 0. The first-order valence-corrected chi connectivity index (χ1v) is 5.81. The Balaban J connectivity index is 2.21. The summed E-state index contributed by atoms with van der Waals surface area (Å²) in [7, 11) is 0. The number of benzene rings is 1. The molecule has 1 aliphatic rings. The minimum atomic E-state index is -0.000139. The molecule has 0 spiro atoms. The Morgan fingerprint density at radius 1 is 1.44 bits per heavy atom. The second-order valence-electron chi connectivity index (χ2n) is 4.52. The molecule has 1 aromatic carbocycles. The Kier molecular flexibility index (Phi) is 3.13. The van der Waals surface area contributed by atoms with E-state index in [1.54, 1.807) is 0 Å². The summed E-state index contributed by atoms with van der Waals surface area (Å²) in [6.07, 6.45) is 0.871. The summed E-state index contributed by atoms with van der Waals surface area (Å²) >= 11 is 0. The minimum Gasteiger partial charge on any atom is -0.385 e. The van der Waals surface area contributed by atoms with Crippen LogP contribution < -0.4 is 10.6 Å². The molecule has 3 heteroatoms. The molecule has 1 aliphatic heterocycles. The number of amides is 1. The highest BCUT2D eigenvalue weighted by molar-refractivity contribution is 5.86. The van der Waals surface area contributed by atoms with E-state index < -0.39 is 0 Å². The van der Waals surface area contributed by atoms with E-state index in [-0.39, 0.29) is 17.9 Å². The molecule has 1 amide bonds. The van der Waals surface area contributed by atoms with Gasteiger partial charge in [-0.2, -0.15) is 0 Å². The van der Waals surface area contributed by atoms with E-state index in [2.05, 4.69) is 10.6 Å². The second-order valence-corrected chi connectivity index (χ2v) is 4.52. The molecule has 1 aromatic rings. The highest BCUT2D eigenvalue weighted by Crippen LogP contribution is 2.31. The lowest BCUT2D eigenvalue weighted by atomic mass is 9.90. The number of nitrogens with one attached hydrogen (secondary N) is 2. The van der Waals surface area contributed by atoms with Crippen molar-refractivity contribution in [3.63, 3.8) is 0 Å². The Morgan fingerprint density at radius 3 is 2.94 bits per heavy atom. The lowest BCUT2D eigenvalue weighted by Gasteiger charge is -2.26. The van der Waals surface area contributed by atoms with Crippen LogP contribution in [-0.4, -0.2) is 18.5 Å². The van der Waals surface area contributed by atoms with Gasteiger partial charge in [0.25, 0.3) is 0 Å². The second kappa shape index (κ2) is 4.56. The highest BCUT2D eigenvalue weighted by Gasteiger charge is 2.26. The molecule has 1 heterocycles. The van der Waals surface area contributed by atoms with Crippen LogP contribution in [0.1, 0.15) is 31.7 Å². The van der Waals surface area contributed by atoms with E-state index >= 15 is 0 Å². The van der Waals surface area contributed by atoms with E-state index in [0.717, 1.165) is 24.2 Å². The summed E-state index contributed by atoms with van der Waals surface area (Å²) in [6.45, 7) is 4.85. The molecule has 0 saturated carbocycles. The van der Waals surface area contributed by atoms with Gasteiger partial charge < -0.3 is 10.6 Å². The van der Waals surface area contributed by atoms with Crippen molar-refractivity contribution >= 4 is 11.6 Å². The number of carbonyl (C=O) groups is 1. The number of para-hydroxylation sites is 1. The van der Waals surface area contributed by atoms with Crippen molar-refractivity contribution in [2.24, 2.45) is 0 Å². The van der Waals surface area contributed by atoms with Gasteiger partial charge in [0.15, 0.2) is 0 Å². The molecule has 1 atom stereocenters. The largest absolute Gasteiger partial charge is 0.385 e. The SMILES string of the molecule is CC(C)NC(=O)C1CCNc2ccccc21. The van der Waals surface area contributed by atoms with Crippen molar-refractivity contribution in [2.45, 2.75) is 32.2 Å². The van der Waals surface area contributed by atoms with Crippen molar-refractivity contribution in [2.75, 3.05) is 11.9 Å². The van der Waals surface area contributed by atoms with Crippen LogP contribution in [0.25, 0.3) is 0 Å². The first-order chi connectivity index (χ1) is 7.68. The van der Waals surface area contributed by atoms with Gasteiger partial charge in [-0.15, -0.1) is 0 Å². The summed E-state index contributed by atoms with van der Waals surface area (Å²) in [6, 6.07) is 8.25. The maximum absolute atomic E-state index is 12.0. The third-order valence-electron chi connectivity index (χ3n) is 2.83. The molecule has 0 saturated heterocycles. The van der Waals surface area contributed by atoms with E-state index in [4.69, 9.17) is 0 Å². The molecular formula is C13H18N2O. The molecule has 0 fully saturated rings. The summed E-state index contributed by atoms with van der Waals surface area (Å²) in [5.41, 5.74) is 2.21. The third-order valence-corrected chi connectivity index (χ3v) is 2.83. The van der Waals surface area contributed by atoms with Crippen molar-refractivity contribution in [3.8, 4) is 0 Å². The molecule has 0 aromatic heterocycles. The van der Waals surface area contributed by atoms with Crippen LogP contribution in [0, 0.1) is 0 Å². The monoisotopic (exact) mass is 218 g/mol. The molecule has 2 N–H and O–H groups in total. The quantitative estimate of drug-likeness (QED) is 0.798. The van der Waals surface area contributed by atoms with Crippen molar-refractivity contribution in [1.29, 1.82) is 0 Å². The summed E-state index contributed by atoms with van der Waals surface area (Å²) in [5.74, 6) is 0.142. The van der Waals surface area contributed by atoms with Crippen LogP contribution in [-0.2, 0) is 4.79 Å². The van der Waals surface area contributed by atoms with Gasteiger partial charge in [-0.05, 0) is 31.9 Å². The van der Waals surface area contributed by atoms with Gasteiger partial charge in [0.05, 0.1) is 5.92 Å². The Morgan fingerprint density at radius 2 is 2.19 bits per heavy atom. The van der Waals surface area contributed by atoms with Gasteiger partial charge in [0, 0.05) is 18.3 Å². The molecule has 86 valence electrons. The average molecular weight is 218 g/mol. The number of anilines is 1. The predicted octanol–water partition coefficient (Wildman–Crippen LogP) is 2.11. The van der Waals surface area contributed by atoms with E-state index in [1.807, 2.05) is 38.1 Å². The number of hydrogen-bond donors (Lipinski definition) is 2. The zero-order valence-electron chi connectivity index (χ0n) is 9.79. The summed E-state index contributed by atoms with van der Waals surface area (Å²) in [5, 5.41) is 6.31. The number of hydrogen-bond acceptors (Lipinski definition) is 2. The first kappa shape index (κ1) is 11.0. The summed E-state index contributed by atoms with van der Waals surface area (Å²) in [4.78, 5) is 12.0. The van der Waals surface area contributed by atoms with Crippen LogP contribution in [0.3, 0.4) is 0 Å². The van der Waals surface area contributed by atoms with Crippen LogP contribution in [0.5, 0.6) is 0 Å². The van der Waals surface area contributed by atoms with Gasteiger partial charge in [-0.25, -0.2) is 0 Å². The van der Waals surface area contributed by atoms with Crippen molar-refractivity contribution < 1.29 is 4.79 Å². The van der Waals surface area contributed by atoms with Gasteiger partial charge >= 0.3 is 0 Å². The van der Waals surface area contributed by atoms with Gasteiger partial charge in [-0.1, -0.05) is 18.2 Å². The van der Waals surface area contributed by atoms with Crippen molar-refractivity contribution in [3.05, 3.63) is 29.8 Å². The van der Waals surface area contributed by atoms with Gasteiger partial charge in [0.2, 0.25) is 5.91 Å². The molecule has 1 unspecified atom stereocenters. The van der Waals surface area contributed by atoms with E-state index in [1.165, 1.54) is 0 Å². The minimum absolute atomic E-state index is 0.000139. The van der Waals surface area contributed by atoms with Crippen LogP contribution in [0.4, 0.5) is 5.69 Å². The lowest BCUT2D eigenvalue weighted by molar-refractivity contribution is -0.123. The molecule has 3 nitrogen and oxygen atoms in total. The normalized spacial score (nSPS) is 18.8. The molecule has 0 radical (unpaired) electrons. The predicted molar refractivity (Wildman–Crippen MR) is 65.6 cm³/mol. The molecule has 2 rings (SSSR count). The zero-order valence-corrected chi connectivity index (χ0v) is 9.79. The fraction of sp³-hybridized carbons (Fsp3) is 0.462. The van der Waals surface area contributed by atoms with E-state index in [9.17, 15) is 4.79 Å².